The number of rotatable bonds is 2. The Balaban J connectivity index is 2.27. The SMILES string of the molecule is Cc1cc(-c2occ[n+]2C)c(C)c(-[n+]2ccccc2C)c1. The van der Waals surface area contributed by atoms with Gasteiger partial charge in [0, 0.05) is 30.7 Å². The molecule has 2 aromatic heterocycles. The van der Waals surface area contributed by atoms with E-state index in [4.69, 9.17) is 4.42 Å². The Bertz CT molecular complexity index is 803. The summed E-state index contributed by atoms with van der Waals surface area (Å²) in [5, 5.41) is 0. The molecule has 0 saturated carbocycles. The van der Waals surface area contributed by atoms with Gasteiger partial charge < -0.3 is 4.42 Å². The quantitative estimate of drug-likeness (QED) is 0.661. The Morgan fingerprint density at radius 2 is 1.81 bits per heavy atom. The summed E-state index contributed by atoms with van der Waals surface area (Å²) in [5.74, 6) is 0.881. The molecule has 21 heavy (non-hydrogen) atoms. The van der Waals surface area contributed by atoms with Crippen molar-refractivity contribution in [2.45, 2.75) is 20.8 Å². The van der Waals surface area contributed by atoms with Gasteiger partial charge in [0.2, 0.25) is 11.9 Å². The largest absolute Gasteiger partial charge is 0.406 e. The molecule has 0 fully saturated rings. The molecule has 0 unspecified atom stereocenters. The van der Waals surface area contributed by atoms with Gasteiger partial charge in [0.05, 0.1) is 5.56 Å². The van der Waals surface area contributed by atoms with E-state index in [0.717, 1.165) is 11.5 Å². The summed E-state index contributed by atoms with van der Waals surface area (Å²) in [6.45, 7) is 6.38. The maximum absolute atomic E-state index is 5.66. The van der Waals surface area contributed by atoms with Crippen LogP contribution in [0.2, 0.25) is 0 Å². The first-order valence-corrected chi connectivity index (χ1v) is 7.10. The maximum atomic E-state index is 5.66. The summed E-state index contributed by atoms with van der Waals surface area (Å²) in [4.78, 5) is 0. The average molecular weight is 280 g/mol. The minimum absolute atomic E-state index is 0.881. The molecule has 1 aromatic carbocycles. The second kappa shape index (κ2) is 5.17. The number of oxazole rings is 1. The fourth-order valence-electron chi connectivity index (χ4n) is 2.70. The van der Waals surface area contributed by atoms with Crippen molar-refractivity contribution in [1.29, 1.82) is 0 Å². The molecule has 3 rings (SSSR count). The Kier molecular flexibility index (Phi) is 3.34. The molecule has 0 bridgehead atoms. The highest BCUT2D eigenvalue weighted by atomic mass is 16.3. The average Bonchev–Trinajstić information content (AvgIpc) is 2.88. The summed E-state index contributed by atoms with van der Waals surface area (Å²) in [6, 6.07) is 10.6. The van der Waals surface area contributed by atoms with Crippen LogP contribution in [0, 0.1) is 20.8 Å². The summed E-state index contributed by atoms with van der Waals surface area (Å²) in [7, 11) is 2.00. The second-order valence-electron chi connectivity index (χ2n) is 5.49. The van der Waals surface area contributed by atoms with Crippen molar-refractivity contribution in [3.63, 3.8) is 0 Å². The smallest absolute Gasteiger partial charge is 0.380 e. The van der Waals surface area contributed by atoms with E-state index in [-0.39, 0.29) is 0 Å². The van der Waals surface area contributed by atoms with Crippen LogP contribution in [-0.4, -0.2) is 0 Å². The third kappa shape index (κ3) is 2.35. The summed E-state index contributed by atoms with van der Waals surface area (Å²) < 4.78 is 9.89. The zero-order chi connectivity index (χ0) is 15.0. The highest BCUT2D eigenvalue weighted by Gasteiger charge is 2.23. The highest BCUT2D eigenvalue weighted by molar-refractivity contribution is 5.62. The molecule has 106 valence electrons. The molecule has 3 heteroatoms. The van der Waals surface area contributed by atoms with Gasteiger partial charge >= 0.3 is 5.89 Å². The van der Waals surface area contributed by atoms with Crippen molar-refractivity contribution in [2.24, 2.45) is 7.05 Å². The van der Waals surface area contributed by atoms with E-state index in [2.05, 4.69) is 61.9 Å². The van der Waals surface area contributed by atoms with Gasteiger partial charge in [0.1, 0.15) is 7.05 Å². The van der Waals surface area contributed by atoms with Gasteiger partial charge in [-0.3, -0.25) is 0 Å². The third-order valence-corrected chi connectivity index (χ3v) is 3.86. The monoisotopic (exact) mass is 280 g/mol. The van der Waals surface area contributed by atoms with Crippen molar-refractivity contribution in [3.8, 4) is 17.1 Å². The molecule has 0 atom stereocenters. The fraction of sp³-hybridized carbons (Fsp3) is 0.222. The molecule has 3 aromatic rings. The lowest BCUT2D eigenvalue weighted by Gasteiger charge is -2.07. The first-order chi connectivity index (χ1) is 10.1. The summed E-state index contributed by atoms with van der Waals surface area (Å²) in [6.07, 6.45) is 5.75. The molecule has 3 nitrogen and oxygen atoms in total. The maximum Gasteiger partial charge on any atom is 0.380 e. The van der Waals surface area contributed by atoms with Crippen molar-refractivity contribution in [1.82, 2.24) is 0 Å². The van der Waals surface area contributed by atoms with E-state index in [0.29, 0.717) is 0 Å². The third-order valence-electron chi connectivity index (χ3n) is 3.86. The van der Waals surface area contributed by atoms with Crippen LogP contribution in [0.4, 0.5) is 0 Å². The first-order valence-electron chi connectivity index (χ1n) is 7.10. The summed E-state index contributed by atoms with van der Waals surface area (Å²) in [5.41, 5.74) is 5.97. The molecule has 0 aliphatic heterocycles. The van der Waals surface area contributed by atoms with Crippen molar-refractivity contribution in [3.05, 3.63) is 65.8 Å². The number of pyridine rings is 1. The lowest BCUT2D eigenvalue weighted by Crippen LogP contribution is -2.35. The van der Waals surface area contributed by atoms with Gasteiger partial charge in [-0.05, 0) is 25.5 Å². The molecule has 0 saturated heterocycles. The predicted molar refractivity (Wildman–Crippen MR) is 81.1 cm³/mol. The van der Waals surface area contributed by atoms with E-state index in [1.165, 1.54) is 22.5 Å². The van der Waals surface area contributed by atoms with Crippen LogP contribution in [0.3, 0.4) is 0 Å². The number of hydrogen-bond acceptors (Lipinski definition) is 1. The van der Waals surface area contributed by atoms with Crippen LogP contribution in [0.5, 0.6) is 0 Å². The van der Waals surface area contributed by atoms with E-state index >= 15 is 0 Å². The fourth-order valence-corrected chi connectivity index (χ4v) is 2.70. The summed E-state index contributed by atoms with van der Waals surface area (Å²) >= 11 is 0. The predicted octanol–water partition coefficient (Wildman–Crippen LogP) is 2.97. The van der Waals surface area contributed by atoms with E-state index < -0.39 is 0 Å². The van der Waals surface area contributed by atoms with Crippen molar-refractivity contribution >= 4 is 0 Å². The number of nitrogens with zero attached hydrogens (tertiary/aromatic N) is 2. The van der Waals surface area contributed by atoms with Crippen molar-refractivity contribution in [2.75, 3.05) is 0 Å². The molecule has 0 N–H and O–H groups in total. The number of benzene rings is 1. The van der Waals surface area contributed by atoms with Gasteiger partial charge in [-0.1, -0.05) is 6.07 Å². The lowest BCUT2D eigenvalue weighted by molar-refractivity contribution is -0.662. The minimum atomic E-state index is 0.881. The topological polar surface area (TPSA) is 20.9 Å². The molecule has 0 aliphatic carbocycles. The van der Waals surface area contributed by atoms with E-state index in [9.17, 15) is 0 Å². The second-order valence-corrected chi connectivity index (χ2v) is 5.49. The normalized spacial score (nSPS) is 10.9. The first kappa shape index (κ1) is 13.6. The molecular formula is C18H20N2O+2. The van der Waals surface area contributed by atoms with Crippen LogP contribution in [0.1, 0.15) is 16.8 Å². The standard InChI is InChI=1S/C18H20N2O/c1-13-11-16(18-19(4)9-10-21-18)15(3)17(12-13)20-8-6-5-7-14(20)2/h5-12H,1-4H3/q+2. The van der Waals surface area contributed by atoms with Crippen LogP contribution >= 0.6 is 0 Å². The molecule has 0 aliphatic rings. The Morgan fingerprint density at radius 1 is 1.00 bits per heavy atom. The number of hydrogen-bond donors (Lipinski definition) is 0. The van der Waals surface area contributed by atoms with E-state index in [1.54, 1.807) is 6.26 Å². The lowest BCUT2D eigenvalue weighted by atomic mass is 10.0. The molecule has 0 spiro atoms. The van der Waals surface area contributed by atoms with Crippen LogP contribution in [0.15, 0.2) is 53.4 Å². The number of aryl methyl sites for hydroxylation is 3. The molecule has 0 amide bonds. The number of aromatic nitrogens is 2. The zero-order valence-electron chi connectivity index (χ0n) is 12.9. The van der Waals surface area contributed by atoms with Gasteiger partial charge in [-0.25, -0.2) is 0 Å². The Hall–Kier alpha value is -2.42. The van der Waals surface area contributed by atoms with Gasteiger partial charge in [-0.2, -0.15) is 9.13 Å². The van der Waals surface area contributed by atoms with Crippen molar-refractivity contribution < 1.29 is 13.6 Å². The highest BCUT2D eigenvalue weighted by Crippen LogP contribution is 2.25. The Labute approximate surface area is 125 Å². The molecular weight excluding hydrogens is 260 g/mol. The van der Waals surface area contributed by atoms with Gasteiger partial charge in [0.15, 0.2) is 18.2 Å². The van der Waals surface area contributed by atoms with Crippen LogP contribution < -0.4 is 9.13 Å². The van der Waals surface area contributed by atoms with Gasteiger partial charge in [-0.15, -0.1) is 0 Å². The van der Waals surface area contributed by atoms with Crippen LogP contribution in [-0.2, 0) is 7.05 Å². The van der Waals surface area contributed by atoms with Crippen LogP contribution in [0.25, 0.3) is 17.1 Å². The molecule has 0 radical (unpaired) electrons. The van der Waals surface area contributed by atoms with E-state index in [1.807, 2.05) is 17.8 Å². The zero-order valence-corrected chi connectivity index (χ0v) is 12.9. The Morgan fingerprint density at radius 3 is 2.48 bits per heavy atom. The van der Waals surface area contributed by atoms with Gasteiger partial charge in [0.25, 0.3) is 0 Å². The minimum Gasteiger partial charge on any atom is -0.406 e. The molecule has 2 heterocycles.